The molecule has 0 saturated carbocycles. The third kappa shape index (κ3) is 3.44. The number of hydrogen-bond donors (Lipinski definition) is 2. The van der Waals surface area contributed by atoms with E-state index in [1.54, 1.807) is 16.6 Å². The van der Waals surface area contributed by atoms with Gasteiger partial charge in [0.1, 0.15) is 5.82 Å². The molecule has 7 heteroatoms. The number of aliphatic hydroxyl groups excluding tert-OH is 1. The van der Waals surface area contributed by atoms with Crippen LogP contribution in [0.2, 0.25) is 0 Å². The van der Waals surface area contributed by atoms with Gasteiger partial charge >= 0.3 is 0 Å². The third-order valence-electron chi connectivity index (χ3n) is 4.10. The Morgan fingerprint density at radius 3 is 2.58 bits per heavy atom. The van der Waals surface area contributed by atoms with Crippen molar-refractivity contribution in [2.24, 2.45) is 0 Å². The van der Waals surface area contributed by atoms with Crippen molar-refractivity contribution in [1.29, 1.82) is 0 Å². The summed E-state index contributed by atoms with van der Waals surface area (Å²) in [5.41, 5.74) is 2.70. The molecule has 2 N–H and O–H groups in total. The van der Waals surface area contributed by atoms with Gasteiger partial charge in [-0.15, -0.1) is 5.10 Å². The van der Waals surface area contributed by atoms with Crippen LogP contribution in [0.4, 0.5) is 9.52 Å². The molecule has 0 aliphatic heterocycles. The zero-order valence-corrected chi connectivity index (χ0v) is 14.7. The fourth-order valence-corrected chi connectivity index (χ4v) is 3.64. The monoisotopic (exact) mass is 368 g/mol. The molecule has 132 valence electrons. The molecule has 4 aromatic rings. The lowest BCUT2D eigenvalue weighted by atomic mass is 10.0. The van der Waals surface area contributed by atoms with Crippen LogP contribution >= 0.6 is 11.3 Å². The predicted octanol–water partition coefficient (Wildman–Crippen LogP) is 4.13. The van der Waals surface area contributed by atoms with Gasteiger partial charge in [-0.2, -0.15) is 0 Å². The maximum Gasteiger partial charge on any atom is 0.214 e. The first kappa shape index (κ1) is 16.7. The summed E-state index contributed by atoms with van der Waals surface area (Å²) >= 11 is 1.44. The molecule has 1 atom stereocenters. The second kappa shape index (κ2) is 7.23. The van der Waals surface area contributed by atoms with Crippen molar-refractivity contribution in [3.05, 3.63) is 72.2 Å². The Morgan fingerprint density at radius 2 is 1.88 bits per heavy atom. The minimum atomic E-state index is -0.268. The molecule has 0 fully saturated rings. The van der Waals surface area contributed by atoms with E-state index in [-0.39, 0.29) is 18.5 Å². The number of fused-ring (bicyclic) bond motifs is 1. The number of nitrogens with zero attached hydrogens (tertiary/aromatic N) is 3. The highest BCUT2D eigenvalue weighted by atomic mass is 32.1. The van der Waals surface area contributed by atoms with Gasteiger partial charge in [-0.05, 0) is 36.2 Å². The SMILES string of the molecule is OCC[C@@H](Nc1nn2cc(-c3ccc(F)cc3)nc2s1)c1ccccc1. The molecule has 0 aliphatic rings. The summed E-state index contributed by atoms with van der Waals surface area (Å²) in [6.07, 6.45) is 2.42. The van der Waals surface area contributed by atoms with E-state index < -0.39 is 0 Å². The number of rotatable bonds is 6. The van der Waals surface area contributed by atoms with Crippen LogP contribution in [-0.4, -0.2) is 26.3 Å². The van der Waals surface area contributed by atoms with Crippen LogP contribution in [0.25, 0.3) is 16.2 Å². The van der Waals surface area contributed by atoms with Crippen molar-refractivity contribution in [3.63, 3.8) is 0 Å². The van der Waals surface area contributed by atoms with E-state index in [1.165, 1.54) is 23.5 Å². The molecular formula is C19H17FN4OS. The van der Waals surface area contributed by atoms with Gasteiger partial charge in [0.05, 0.1) is 17.9 Å². The van der Waals surface area contributed by atoms with Crippen LogP contribution in [-0.2, 0) is 0 Å². The molecule has 4 rings (SSSR count). The van der Waals surface area contributed by atoms with Crippen molar-refractivity contribution in [2.75, 3.05) is 11.9 Å². The normalized spacial score (nSPS) is 12.4. The number of halogens is 1. The Labute approximate surface area is 153 Å². The van der Waals surface area contributed by atoms with E-state index in [1.807, 2.05) is 36.5 Å². The second-order valence-electron chi connectivity index (χ2n) is 5.89. The summed E-state index contributed by atoms with van der Waals surface area (Å²) in [5.74, 6) is -0.268. The lowest BCUT2D eigenvalue weighted by molar-refractivity contribution is 0.280. The molecule has 5 nitrogen and oxygen atoms in total. The molecule has 0 aliphatic carbocycles. The van der Waals surface area contributed by atoms with Crippen molar-refractivity contribution < 1.29 is 9.50 Å². The quantitative estimate of drug-likeness (QED) is 0.537. The van der Waals surface area contributed by atoms with Gasteiger partial charge < -0.3 is 10.4 Å². The zero-order chi connectivity index (χ0) is 17.9. The molecule has 26 heavy (non-hydrogen) atoms. The topological polar surface area (TPSA) is 62.5 Å². The van der Waals surface area contributed by atoms with Crippen LogP contribution in [0.1, 0.15) is 18.0 Å². The first-order valence-electron chi connectivity index (χ1n) is 8.27. The molecule has 2 aromatic carbocycles. The van der Waals surface area contributed by atoms with E-state index >= 15 is 0 Å². The van der Waals surface area contributed by atoms with Gasteiger partial charge in [0, 0.05) is 12.2 Å². The third-order valence-corrected chi connectivity index (χ3v) is 4.95. The Balaban J connectivity index is 1.57. The molecular weight excluding hydrogens is 351 g/mol. The van der Waals surface area contributed by atoms with Gasteiger partial charge in [0.15, 0.2) is 0 Å². The van der Waals surface area contributed by atoms with Gasteiger partial charge in [-0.25, -0.2) is 13.9 Å². The lowest BCUT2D eigenvalue weighted by Crippen LogP contribution is -2.12. The van der Waals surface area contributed by atoms with Crippen LogP contribution in [0.15, 0.2) is 60.8 Å². The summed E-state index contributed by atoms with van der Waals surface area (Å²) in [5, 5.41) is 18.0. The second-order valence-corrected chi connectivity index (χ2v) is 6.84. The highest BCUT2D eigenvalue weighted by molar-refractivity contribution is 7.20. The summed E-state index contributed by atoms with van der Waals surface area (Å²) in [7, 11) is 0. The van der Waals surface area contributed by atoms with Crippen LogP contribution in [0, 0.1) is 5.82 Å². The van der Waals surface area contributed by atoms with Crippen molar-refractivity contribution in [2.45, 2.75) is 12.5 Å². The van der Waals surface area contributed by atoms with Crippen LogP contribution < -0.4 is 5.32 Å². The molecule has 0 radical (unpaired) electrons. The summed E-state index contributed by atoms with van der Waals surface area (Å²) in [6, 6.07) is 16.2. The lowest BCUT2D eigenvalue weighted by Gasteiger charge is -2.17. The number of hydrogen-bond acceptors (Lipinski definition) is 5. The standard InChI is InChI=1S/C19H17FN4OS/c20-15-8-6-14(7-9-15)17-12-24-19(22-17)26-18(23-24)21-16(10-11-25)13-4-2-1-3-5-13/h1-9,12,16,25H,10-11H2,(H,21,23)/t16-/m1/s1. The van der Waals surface area contributed by atoms with E-state index in [0.29, 0.717) is 6.42 Å². The average Bonchev–Trinajstić information content (AvgIpc) is 3.21. The molecule has 2 heterocycles. The Kier molecular flexibility index (Phi) is 4.64. The first-order valence-corrected chi connectivity index (χ1v) is 9.09. The Morgan fingerprint density at radius 1 is 1.12 bits per heavy atom. The van der Waals surface area contributed by atoms with Crippen LogP contribution in [0.5, 0.6) is 0 Å². The smallest absolute Gasteiger partial charge is 0.214 e. The number of imidazole rings is 1. The first-order chi connectivity index (χ1) is 12.7. The highest BCUT2D eigenvalue weighted by Crippen LogP contribution is 2.28. The number of benzene rings is 2. The van der Waals surface area contributed by atoms with Gasteiger partial charge in [-0.1, -0.05) is 41.7 Å². The Hall–Kier alpha value is -2.77. The maximum absolute atomic E-state index is 13.1. The van der Waals surface area contributed by atoms with Crippen molar-refractivity contribution >= 4 is 21.4 Å². The summed E-state index contributed by atoms with van der Waals surface area (Å²) in [6.45, 7) is 0.0871. The number of aromatic nitrogens is 3. The summed E-state index contributed by atoms with van der Waals surface area (Å²) < 4.78 is 14.8. The molecule has 0 amide bonds. The summed E-state index contributed by atoms with van der Waals surface area (Å²) in [4.78, 5) is 5.32. The van der Waals surface area contributed by atoms with E-state index in [4.69, 9.17) is 0 Å². The van der Waals surface area contributed by atoms with Gasteiger partial charge in [-0.3, -0.25) is 0 Å². The highest BCUT2D eigenvalue weighted by Gasteiger charge is 2.15. The number of aliphatic hydroxyl groups is 1. The van der Waals surface area contributed by atoms with Crippen LogP contribution in [0.3, 0.4) is 0 Å². The molecule has 2 aromatic heterocycles. The number of anilines is 1. The molecule has 0 unspecified atom stereocenters. The fraction of sp³-hybridized carbons (Fsp3) is 0.158. The number of nitrogens with one attached hydrogen (secondary N) is 1. The van der Waals surface area contributed by atoms with E-state index in [0.717, 1.165) is 26.9 Å². The zero-order valence-electron chi connectivity index (χ0n) is 13.8. The van der Waals surface area contributed by atoms with Crippen molar-refractivity contribution in [1.82, 2.24) is 14.6 Å². The average molecular weight is 368 g/mol. The largest absolute Gasteiger partial charge is 0.396 e. The Bertz CT molecular complexity index is 966. The molecule has 0 saturated heterocycles. The van der Waals surface area contributed by atoms with Gasteiger partial charge in [0.25, 0.3) is 0 Å². The van der Waals surface area contributed by atoms with Gasteiger partial charge in [0.2, 0.25) is 10.1 Å². The van der Waals surface area contributed by atoms with Crippen molar-refractivity contribution in [3.8, 4) is 11.3 Å². The maximum atomic E-state index is 13.1. The fourth-order valence-electron chi connectivity index (χ4n) is 2.80. The minimum absolute atomic E-state index is 0.0198. The molecule has 0 spiro atoms. The molecule has 0 bridgehead atoms. The predicted molar refractivity (Wildman–Crippen MR) is 101 cm³/mol. The van der Waals surface area contributed by atoms with E-state index in [9.17, 15) is 9.50 Å². The van der Waals surface area contributed by atoms with E-state index in [2.05, 4.69) is 15.4 Å². The minimum Gasteiger partial charge on any atom is -0.396 e.